The van der Waals surface area contributed by atoms with Crippen molar-refractivity contribution in [1.82, 2.24) is 29.7 Å². The van der Waals surface area contributed by atoms with E-state index < -0.39 is 24.0 Å². The molecule has 0 radical (unpaired) electrons. The Labute approximate surface area is 476 Å². The van der Waals surface area contributed by atoms with Gasteiger partial charge >= 0.3 is 5.97 Å². The molecule has 22 heteroatoms. The molecular formula is C58H61Cl2FN6O12S. The standard InChI is InChI=1S/C58H61Cl2FN6O12S/c1-35-47-36(2)51(60)53(50(35)59)78-43(29-67-18-16-66(3)17-19-67)32-76-42-12-13-46(45(28-42)52(58(68)69)79-56-49-48(47)54(80-57(49)64-34-63-56)37-4-8-39(61)9-5-37)77-30-40-14-15-62-55(65-40)38-6-10-41(11-7-38)75-33-44-31-73-25-24-71-21-20-70-22-23-72-26-27-74-44/h4-15,28,34,43-44,52H,16-27,29-33H2,1-3H3,(H,68,69)/t43-,44?,52-/m1/s1. The molecule has 4 aliphatic rings. The molecule has 80 heavy (non-hydrogen) atoms. The maximum Gasteiger partial charge on any atom is 0.349 e. The van der Waals surface area contributed by atoms with E-state index in [0.717, 1.165) is 31.7 Å². The number of aromatic nitrogens is 4. The van der Waals surface area contributed by atoms with Crippen LogP contribution < -0.4 is 23.7 Å². The summed E-state index contributed by atoms with van der Waals surface area (Å²) in [5.41, 5.74) is 4.52. The Balaban J connectivity index is 0.946. The molecule has 7 heterocycles. The van der Waals surface area contributed by atoms with Gasteiger partial charge in [-0.2, -0.15) is 0 Å². The van der Waals surface area contributed by atoms with Crippen molar-refractivity contribution in [1.29, 1.82) is 0 Å². The smallest absolute Gasteiger partial charge is 0.349 e. The van der Waals surface area contributed by atoms with Crippen molar-refractivity contribution in [3.8, 4) is 61.8 Å². The zero-order valence-corrected chi connectivity index (χ0v) is 46.8. The van der Waals surface area contributed by atoms with Crippen LogP contribution in [0.25, 0.3) is 43.2 Å². The first kappa shape index (κ1) is 57.0. The van der Waals surface area contributed by atoms with Gasteiger partial charge < -0.3 is 57.4 Å². The van der Waals surface area contributed by atoms with Crippen LogP contribution in [-0.2, 0) is 35.1 Å². The van der Waals surface area contributed by atoms with Gasteiger partial charge in [0.1, 0.15) is 66.3 Å². The molecule has 4 aromatic carbocycles. The molecule has 4 bridgehead atoms. The van der Waals surface area contributed by atoms with Crippen molar-refractivity contribution in [3.05, 3.63) is 124 Å². The third-order valence-electron chi connectivity index (χ3n) is 13.8. The van der Waals surface area contributed by atoms with Gasteiger partial charge in [0, 0.05) is 60.5 Å². The van der Waals surface area contributed by atoms with Gasteiger partial charge in [-0.25, -0.2) is 29.1 Å². The fourth-order valence-electron chi connectivity index (χ4n) is 9.51. The second-order valence-corrected chi connectivity index (χ2v) is 21.1. The molecule has 4 aliphatic heterocycles. The van der Waals surface area contributed by atoms with Crippen molar-refractivity contribution < 1.29 is 61.7 Å². The number of hydrogen-bond donors (Lipinski definition) is 1. The van der Waals surface area contributed by atoms with Crippen molar-refractivity contribution in [2.75, 3.05) is 112 Å². The summed E-state index contributed by atoms with van der Waals surface area (Å²) in [6.07, 6.45) is 0.310. The number of likely N-dealkylation sites (N-methyl/N-ethyl adjacent to an activating group) is 1. The fourth-order valence-corrected chi connectivity index (χ4v) is 11.2. The number of carboxylic acid groups (broad SMARTS) is 1. The van der Waals surface area contributed by atoms with Crippen LogP contribution in [0.4, 0.5) is 4.39 Å². The lowest BCUT2D eigenvalue weighted by Gasteiger charge is -2.35. The second kappa shape index (κ2) is 27.0. The topological polar surface area (TPSA) is 188 Å². The number of rotatable bonds is 11. The van der Waals surface area contributed by atoms with Crippen LogP contribution in [-0.4, -0.2) is 165 Å². The highest BCUT2D eigenvalue weighted by Crippen LogP contribution is 2.53. The van der Waals surface area contributed by atoms with Crippen LogP contribution in [0.15, 0.2) is 85.3 Å². The number of fused-ring (bicyclic) bond motifs is 6. The van der Waals surface area contributed by atoms with Crippen LogP contribution in [0.1, 0.15) is 28.5 Å². The molecule has 0 spiro atoms. The summed E-state index contributed by atoms with van der Waals surface area (Å²) >= 11 is 16.0. The van der Waals surface area contributed by atoms with Crippen LogP contribution in [0, 0.1) is 19.7 Å². The van der Waals surface area contributed by atoms with Crippen LogP contribution in [0.5, 0.6) is 28.9 Å². The molecule has 0 saturated carbocycles. The van der Waals surface area contributed by atoms with Crippen LogP contribution in [0.2, 0.25) is 10.0 Å². The first-order chi connectivity index (χ1) is 39.0. The number of carbonyl (C=O) groups is 1. The van der Waals surface area contributed by atoms with Gasteiger partial charge in [-0.1, -0.05) is 35.3 Å². The molecular weight excluding hydrogens is 1090 g/mol. The molecule has 3 aromatic heterocycles. The maximum absolute atomic E-state index is 14.5. The average Bonchev–Trinajstić information content (AvgIpc) is 4.04. The summed E-state index contributed by atoms with van der Waals surface area (Å²) in [6, 6.07) is 20.1. The van der Waals surface area contributed by atoms with Crippen molar-refractivity contribution in [3.63, 3.8) is 0 Å². The van der Waals surface area contributed by atoms with E-state index >= 15 is 0 Å². The van der Waals surface area contributed by atoms with E-state index in [4.69, 9.17) is 75.6 Å². The van der Waals surface area contributed by atoms with Gasteiger partial charge in [0.2, 0.25) is 12.0 Å². The van der Waals surface area contributed by atoms with Gasteiger partial charge in [0.25, 0.3) is 0 Å². The zero-order valence-electron chi connectivity index (χ0n) is 44.5. The molecule has 7 aromatic rings. The first-order valence-corrected chi connectivity index (χ1v) is 27.9. The molecule has 0 aliphatic carbocycles. The molecule has 422 valence electrons. The number of carboxylic acids is 1. The van der Waals surface area contributed by atoms with Gasteiger partial charge in [-0.15, -0.1) is 11.3 Å². The molecule has 1 N–H and O–H groups in total. The molecule has 11 rings (SSSR count). The van der Waals surface area contributed by atoms with E-state index in [0.29, 0.717) is 138 Å². The van der Waals surface area contributed by atoms with Crippen LogP contribution >= 0.6 is 34.5 Å². The number of thiophene rings is 1. The lowest BCUT2D eigenvalue weighted by Crippen LogP contribution is -2.49. The molecule has 18 nitrogen and oxygen atoms in total. The normalized spacial score (nSPS) is 19.2. The second-order valence-electron chi connectivity index (χ2n) is 19.3. The minimum Gasteiger partial charge on any atom is -0.491 e. The number of nitrogens with zero attached hydrogens (tertiary/aromatic N) is 6. The quantitative estimate of drug-likeness (QED) is 0.129. The van der Waals surface area contributed by atoms with E-state index in [2.05, 4.69) is 31.8 Å². The fraction of sp³-hybridized carbons (Fsp3) is 0.397. The average molecular weight is 1160 g/mol. The first-order valence-electron chi connectivity index (χ1n) is 26.3. The Hall–Kier alpha value is -6.30. The Bertz CT molecular complexity index is 3200. The largest absolute Gasteiger partial charge is 0.491 e. The van der Waals surface area contributed by atoms with Crippen LogP contribution in [0.3, 0.4) is 0 Å². The number of halogens is 3. The number of ether oxygens (including phenoxy) is 10. The summed E-state index contributed by atoms with van der Waals surface area (Å²) in [6.45, 7) is 11.7. The highest BCUT2D eigenvalue weighted by molar-refractivity contribution is 7.22. The summed E-state index contributed by atoms with van der Waals surface area (Å²) in [5.74, 6) is 0.0736. The highest BCUT2D eigenvalue weighted by atomic mass is 35.5. The molecule has 0 amide bonds. The van der Waals surface area contributed by atoms with Gasteiger partial charge in [-0.3, -0.25) is 4.90 Å². The zero-order chi connectivity index (χ0) is 55.5. The summed E-state index contributed by atoms with van der Waals surface area (Å²) < 4.78 is 75.6. The SMILES string of the molecule is Cc1c(Cl)c2c(Cl)c(C)c1-c1c(-c3ccc(F)cc3)sc3ncnc(c13)O[C@@H](C(=O)O)c1cc(ccc1OCc1ccnc(-c3ccc(OCC4COCCOCCOCCOCCO4)cc3)n1)OC[C@@H](CN1CCN(C)CC1)O2. The predicted molar refractivity (Wildman–Crippen MR) is 299 cm³/mol. The minimum atomic E-state index is -1.70. The van der Waals surface area contributed by atoms with Gasteiger partial charge in [0.05, 0.1) is 80.6 Å². The Morgan fingerprint density at radius 2 is 1.45 bits per heavy atom. The minimum absolute atomic E-state index is 0.0382. The van der Waals surface area contributed by atoms with Crippen molar-refractivity contribution in [2.45, 2.75) is 38.8 Å². The third-order valence-corrected chi connectivity index (χ3v) is 15.8. The van der Waals surface area contributed by atoms with E-state index in [1.165, 1.54) is 29.8 Å². The van der Waals surface area contributed by atoms with E-state index in [1.807, 2.05) is 38.1 Å². The summed E-state index contributed by atoms with van der Waals surface area (Å²) in [5, 5.41) is 12.2. The number of benzene rings is 4. The lowest BCUT2D eigenvalue weighted by atomic mass is 9.92. The number of piperazine rings is 1. The number of hydrogen-bond acceptors (Lipinski definition) is 18. The summed E-state index contributed by atoms with van der Waals surface area (Å²) in [4.78, 5) is 38.1. The molecule has 2 fully saturated rings. The van der Waals surface area contributed by atoms with E-state index in [9.17, 15) is 14.3 Å². The molecule has 1 unspecified atom stereocenters. The van der Waals surface area contributed by atoms with E-state index in [1.54, 1.807) is 42.6 Å². The lowest BCUT2D eigenvalue weighted by molar-refractivity contribution is -0.145. The Kier molecular flexibility index (Phi) is 19.2. The van der Waals surface area contributed by atoms with E-state index in [-0.39, 0.29) is 53.2 Å². The number of aliphatic carboxylic acids is 1. The van der Waals surface area contributed by atoms with Crippen molar-refractivity contribution in [2.24, 2.45) is 0 Å². The Morgan fingerprint density at radius 3 is 2.16 bits per heavy atom. The van der Waals surface area contributed by atoms with Crippen molar-refractivity contribution >= 4 is 50.7 Å². The maximum atomic E-state index is 14.5. The third kappa shape index (κ3) is 13.9. The summed E-state index contributed by atoms with van der Waals surface area (Å²) in [7, 11) is 2.09. The monoisotopic (exact) mass is 1150 g/mol. The van der Waals surface area contributed by atoms with Gasteiger partial charge in [-0.05, 0) is 104 Å². The predicted octanol–water partition coefficient (Wildman–Crippen LogP) is 9.56. The Morgan fingerprint density at radius 1 is 0.762 bits per heavy atom. The molecule has 2 saturated heterocycles. The van der Waals surface area contributed by atoms with Gasteiger partial charge in [0.15, 0.2) is 11.6 Å². The molecule has 3 atom stereocenters. The highest BCUT2D eigenvalue weighted by Gasteiger charge is 2.34.